The van der Waals surface area contributed by atoms with E-state index in [1.807, 2.05) is 36.2 Å². The van der Waals surface area contributed by atoms with Gasteiger partial charge in [0.25, 0.3) is 0 Å². The van der Waals surface area contributed by atoms with Crippen LogP contribution in [0.5, 0.6) is 5.75 Å². The quantitative estimate of drug-likeness (QED) is 0.909. The number of carbonyl (C=O) groups is 1. The Morgan fingerprint density at radius 3 is 2.38 bits per heavy atom. The third kappa shape index (κ3) is 3.16. The van der Waals surface area contributed by atoms with E-state index in [1.165, 1.54) is 5.56 Å². The van der Waals surface area contributed by atoms with Gasteiger partial charge < -0.3 is 14.7 Å². The standard InChI is InChI=1S/C17H19NO3/c1-4-12-5-7-13(8-6-12)18(2)16-11-14(21-3)9-10-15(16)17(19)20/h5-11H,4H2,1-3H3,(H,19,20). The number of methoxy groups -OCH3 is 1. The Morgan fingerprint density at radius 2 is 1.86 bits per heavy atom. The lowest BCUT2D eigenvalue weighted by molar-refractivity contribution is 0.0697. The van der Waals surface area contributed by atoms with Crippen LogP contribution in [-0.4, -0.2) is 25.2 Å². The molecule has 4 nitrogen and oxygen atoms in total. The van der Waals surface area contributed by atoms with Gasteiger partial charge in [0, 0.05) is 18.8 Å². The van der Waals surface area contributed by atoms with Gasteiger partial charge in [-0.3, -0.25) is 0 Å². The number of benzene rings is 2. The summed E-state index contributed by atoms with van der Waals surface area (Å²) < 4.78 is 5.19. The first-order valence-corrected chi connectivity index (χ1v) is 6.80. The second kappa shape index (κ2) is 6.31. The average Bonchev–Trinajstić information content (AvgIpc) is 2.53. The largest absolute Gasteiger partial charge is 0.497 e. The molecule has 0 aromatic heterocycles. The maximum Gasteiger partial charge on any atom is 0.337 e. The predicted molar refractivity (Wildman–Crippen MR) is 83.8 cm³/mol. The maximum atomic E-state index is 11.4. The minimum Gasteiger partial charge on any atom is -0.497 e. The van der Waals surface area contributed by atoms with Gasteiger partial charge in [0.2, 0.25) is 0 Å². The first-order valence-electron chi connectivity index (χ1n) is 6.80. The third-order valence-electron chi connectivity index (χ3n) is 3.53. The van der Waals surface area contributed by atoms with Crippen molar-refractivity contribution < 1.29 is 14.6 Å². The molecule has 4 heteroatoms. The van der Waals surface area contributed by atoms with E-state index < -0.39 is 5.97 Å². The Hall–Kier alpha value is -2.49. The van der Waals surface area contributed by atoms with Crippen molar-refractivity contribution in [1.29, 1.82) is 0 Å². The Bertz CT molecular complexity index is 635. The highest BCUT2D eigenvalue weighted by atomic mass is 16.5. The second-order valence-electron chi connectivity index (χ2n) is 4.77. The fourth-order valence-corrected chi connectivity index (χ4v) is 2.19. The summed E-state index contributed by atoms with van der Waals surface area (Å²) in [7, 11) is 3.41. The average molecular weight is 285 g/mol. The number of carboxylic acids is 1. The van der Waals surface area contributed by atoms with Gasteiger partial charge >= 0.3 is 5.97 Å². The van der Waals surface area contributed by atoms with Crippen molar-refractivity contribution in [2.45, 2.75) is 13.3 Å². The highest BCUT2D eigenvalue weighted by Crippen LogP contribution is 2.30. The number of hydrogen-bond donors (Lipinski definition) is 1. The molecule has 0 fully saturated rings. The van der Waals surface area contributed by atoms with Crippen LogP contribution in [-0.2, 0) is 6.42 Å². The highest BCUT2D eigenvalue weighted by Gasteiger charge is 2.15. The molecule has 0 heterocycles. The summed E-state index contributed by atoms with van der Waals surface area (Å²) in [4.78, 5) is 13.2. The smallest absolute Gasteiger partial charge is 0.337 e. The van der Waals surface area contributed by atoms with Crippen molar-refractivity contribution >= 4 is 17.3 Å². The van der Waals surface area contributed by atoms with Crippen LogP contribution in [0.3, 0.4) is 0 Å². The predicted octanol–water partition coefficient (Wildman–Crippen LogP) is 3.72. The molecule has 1 N–H and O–H groups in total. The summed E-state index contributed by atoms with van der Waals surface area (Å²) in [5.41, 5.74) is 3.03. The molecule has 0 spiro atoms. The zero-order chi connectivity index (χ0) is 15.4. The number of hydrogen-bond acceptors (Lipinski definition) is 3. The van der Waals surface area contributed by atoms with E-state index in [9.17, 15) is 9.90 Å². The molecule has 0 aliphatic rings. The molecule has 0 saturated carbocycles. The first-order chi connectivity index (χ1) is 10.1. The van der Waals surface area contributed by atoms with Gasteiger partial charge in [-0.15, -0.1) is 0 Å². The molecule has 0 unspecified atom stereocenters. The summed E-state index contributed by atoms with van der Waals surface area (Å²) in [6.07, 6.45) is 0.976. The van der Waals surface area contributed by atoms with Gasteiger partial charge in [0.05, 0.1) is 18.4 Å². The van der Waals surface area contributed by atoms with Crippen LogP contribution in [0.15, 0.2) is 42.5 Å². The number of carboxylic acid groups (broad SMARTS) is 1. The van der Waals surface area contributed by atoms with Crippen LogP contribution in [0, 0.1) is 0 Å². The molecule has 2 aromatic carbocycles. The molecule has 110 valence electrons. The first kappa shape index (κ1) is 14.9. The van der Waals surface area contributed by atoms with Crippen LogP contribution < -0.4 is 9.64 Å². The maximum absolute atomic E-state index is 11.4. The van der Waals surface area contributed by atoms with Gasteiger partial charge in [-0.25, -0.2) is 4.79 Å². The zero-order valence-electron chi connectivity index (χ0n) is 12.5. The fraction of sp³-hybridized carbons (Fsp3) is 0.235. The van der Waals surface area contributed by atoms with Crippen LogP contribution >= 0.6 is 0 Å². The van der Waals surface area contributed by atoms with Crippen LogP contribution in [0.4, 0.5) is 11.4 Å². The van der Waals surface area contributed by atoms with E-state index in [2.05, 4.69) is 6.92 Å². The van der Waals surface area contributed by atoms with Crippen LogP contribution in [0.25, 0.3) is 0 Å². The van der Waals surface area contributed by atoms with E-state index in [4.69, 9.17) is 4.74 Å². The Kier molecular flexibility index (Phi) is 4.48. The molecular weight excluding hydrogens is 266 g/mol. The van der Waals surface area contributed by atoms with Crippen molar-refractivity contribution in [1.82, 2.24) is 0 Å². The normalized spacial score (nSPS) is 10.2. The molecule has 2 rings (SSSR count). The van der Waals surface area contributed by atoms with Gasteiger partial charge in [-0.1, -0.05) is 19.1 Å². The van der Waals surface area contributed by atoms with Crippen molar-refractivity contribution in [3.63, 3.8) is 0 Å². The molecule has 2 aromatic rings. The number of rotatable bonds is 5. The lowest BCUT2D eigenvalue weighted by Gasteiger charge is -2.22. The van der Waals surface area contributed by atoms with E-state index in [1.54, 1.807) is 25.3 Å². The SMILES string of the molecule is CCc1ccc(N(C)c2cc(OC)ccc2C(=O)O)cc1. The minimum atomic E-state index is -0.954. The number of aromatic carboxylic acids is 1. The summed E-state index contributed by atoms with van der Waals surface area (Å²) in [5.74, 6) is -0.322. The Morgan fingerprint density at radius 1 is 1.19 bits per heavy atom. The Balaban J connectivity index is 2.44. The number of ether oxygens (including phenoxy) is 1. The molecule has 0 bridgehead atoms. The van der Waals surface area contributed by atoms with Crippen molar-refractivity contribution in [2.75, 3.05) is 19.1 Å². The molecule has 21 heavy (non-hydrogen) atoms. The van der Waals surface area contributed by atoms with Crippen LogP contribution in [0.1, 0.15) is 22.8 Å². The lowest BCUT2D eigenvalue weighted by atomic mass is 10.1. The summed E-state index contributed by atoms with van der Waals surface area (Å²) in [5, 5.41) is 9.34. The van der Waals surface area contributed by atoms with E-state index in [0.29, 0.717) is 11.4 Å². The molecule has 0 saturated heterocycles. The van der Waals surface area contributed by atoms with Crippen molar-refractivity contribution in [2.24, 2.45) is 0 Å². The van der Waals surface area contributed by atoms with Gasteiger partial charge in [0.15, 0.2) is 0 Å². The third-order valence-corrected chi connectivity index (χ3v) is 3.53. The van der Waals surface area contributed by atoms with Crippen LogP contribution in [0.2, 0.25) is 0 Å². The topological polar surface area (TPSA) is 49.8 Å². The van der Waals surface area contributed by atoms with Crippen molar-refractivity contribution in [3.05, 3.63) is 53.6 Å². The Labute approximate surface area is 124 Å². The fourth-order valence-electron chi connectivity index (χ4n) is 2.19. The van der Waals surface area contributed by atoms with Gasteiger partial charge in [-0.2, -0.15) is 0 Å². The zero-order valence-corrected chi connectivity index (χ0v) is 12.5. The molecule has 0 aliphatic heterocycles. The molecule has 0 amide bonds. The lowest BCUT2D eigenvalue weighted by Crippen LogP contribution is -2.14. The highest BCUT2D eigenvalue weighted by molar-refractivity contribution is 5.96. The molecular formula is C17H19NO3. The number of nitrogens with zero attached hydrogens (tertiary/aromatic N) is 1. The van der Waals surface area contributed by atoms with Gasteiger partial charge in [0.1, 0.15) is 5.75 Å². The summed E-state index contributed by atoms with van der Waals surface area (Å²) in [6.45, 7) is 2.10. The molecule has 0 atom stereocenters. The van der Waals surface area contributed by atoms with E-state index in [-0.39, 0.29) is 5.56 Å². The monoisotopic (exact) mass is 285 g/mol. The summed E-state index contributed by atoms with van der Waals surface area (Å²) >= 11 is 0. The van der Waals surface area contributed by atoms with Gasteiger partial charge in [-0.05, 0) is 36.2 Å². The van der Waals surface area contributed by atoms with E-state index >= 15 is 0 Å². The summed E-state index contributed by atoms with van der Waals surface area (Å²) in [6, 6.07) is 13.0. The number of anilines is 2. The molecule has 0 radical (unpaired) electrons. The number of aryl methyl sites for hydroxylation is 1. The minimum absolute atomic E-state index is 0.248. The second-order valence-corrected chi connectivity index (χ2v) is 4.77. The molecule has 0 aliphatic carbocycles. The van der Waals surface area contributed by atoms with E-state index in [0.717, 1.165) is 12.1 Å². The van der Waals surface area contributed by atoms with Crippen molar-refractivity contribution in [3.8, 4) is 5.75 Å².